The Morgan fingerprint density at radius 2 is 0.917 bits per heavy atom. The van der Waals surface area contributed by atoms with Gasteiger partial charge in [-0.15, -0.1) is 0 Å². The van der Waals surface area contributed by atoms with Crippen LogP contribution in [0.5, 0.6) is 0 Å². The fourth-order valence-electron chi connectivity index (χ4n) is 5.26. The third kappa shape index (κ3) is 24.9. The lowest BCUT2D eigenvalue weighted by Gasteiger charge is -2.21. The first-order valence-electron chi connectivity index (χ1n) is 16.8. The predicted octanol–water partition coefficient (Wildman–Crippen LogP) is 13.5. The minimum Gasteiger partial charge on any atom is -0.0885 e. The number of rotatable bonds is 28. The van der Waals surface area contributed by atoms with E-state index in [9.17, 15) is 0 Å². The Labute approximate surface area is 229 Å². The molecule has 0 heteroatoms. The number of allylic oxidation sites excluding steroid dienone is 6. The highest BCUT2D eigenvalue weighted by Gasteiger charge is 2.13. The zero-order chi connectivity index (χ0) is 26.4. The quantitative estimate of drug-likeness (QED) is 0.0740. The van der Waals surface area contributed by atoms with Crippen molar-refractivity contribution in [1.29, 1.82) is 0 Å². The first-order valence-corrected chi connectivity index (χ1v) is 16.8. The molecule has 0 bridgehead atoms. The average Bonchev–Trinajstić information content (AvgIpc) is 2.89. The molecule has 0 fully saturated rings. The minimum absolute atomic E-state index is 0.806. The van der Waals surface area contributed by atoms with Crippen molar-refractivity contribution in [3.63, 3.8) is 0 Å². The summed E-state index contributed by atoms with van der Waals surface area (Å²) in [7, 11) is 0. The minimum atomic E-state index is 0.806. The summed E-state index contributed by atoms with van der Waals surface area (Å²) >= 11 is 0. The highest BCUT2D eigenvalue weighted by atomic mass is 14.2. The van der Waals surface area contributed by atoms with Crippen LogP contribution >= 0.6 is 0 Å². The average molecular weight is 501 g/mol. The largest absolute Gasteiger partial charge is 0.0885 e. The molecule has 1 unspecified atom stereocenters. The molecule has 0 spiro atoms. The molecule has 0 aromatic rings. The monoisotopic (exact) mass is 501 g/mol. The summed E-state index contributed by atoms with van der Waals surface area (Å²) in [6.07, 6.45) is 46.7. The van der Waals surface area contributed by atoms with Gasteiger partial charge in [-0.3, -0.25) is 0 Å². The molecule has 1 atom stereocenters. The number of hydrogen-bond acceptors (Lipinski definition) is 0. The maximum atomic E-state index is 2.65. The van der Waals surface area contributed by atoms with Crippen molar-refractivity contribution < 1.29 is 0 Å². The highest BCUT2D eigenvalue weighted by molar-refractivity contribution is 5.10. The van der Waals surface area contributed by atoms with E-state index in [1.807, 2.05) is 0 Å². The van der Waals surface area contributed by atoms with Gasteiger partial charge in [-0.05, 0) is 70.1 Å². The van der Waals surface area contributed by atoms with E-state index in [2.05, 4.69) is 58.1 Å². The van der Waals surface area contributed by atoms with Gasteiger partial charge in [0.2, 0.25) is 0 Å². The molecule has 36 heavy (non-hydrogen) atoms. The summed E-state index contributed by atoms with van der Waals surface area (Å²) in [5.74, 6) is 0.806. The molecule has 0 radical (unpaired) electrons. The van der Waals surface area contributed by atoms with Gasteiger partial charge >= 0.3 is 0 Å². The fraction of sp³-hybridized carbons (Fsp3) is 0.833. The smallest absolute Gasteiger partial charge is 0.0166 e. The standard InChI is InChI=1S/C36H68/c1-5-9-13-17-21-25-29-33-35(31-27-23-19-15-11-7-3)36(32-28-24-20-16-12-8-4)34-30-26-22-18-14-10-6-2/h21-22,25-26,33,36H,5-20,23-24,27-32,34H2,1-4H3. The lowest BCUT2D eigenvalue weighted by molar-refractivity contribution is 0.459. The molecule has 0 saturated carbocycles. The van der Waals surface area contributed by atoms with Gasteiger partial charge in [-0.2, -0.15) is 0 Å². The molecule has 0 aliphatic rings. The molecule has 0 amide bonds. The first-order chi connectivity index (χ1) is 17.8. The molecule has 0 nitrogen and oxygen atoms in total. The molecule has 0 rings (SSSR count). The molecule has 0 heterocycles. The van der Waals surface area contributed by atoms with Crippen molar-refractivity contribution >= 4 is 0 Å². The van der Waals surface area contributed by atoms with E-state index >= 15 is 0 Å². The van der Waals surface area contributed by atoms with Crippen molar-refractivity contribution in [3.05, 3.63) is 36.0 Å². The zero-order valence-electron chi connectivity index (χ0n) is 25.6. The second kappa shape index (κ2) is 30.4. The lowest BCUT2D eigenvalue weighted by atomic mass is 9.85. The molecular formula is C36H68. The van der Waals surface area contributed by atoms with Crippen LogP contribution in [0.25, 0.3) is 0 Å². The third-order valence-corrected chi connectivity index (χ3v) is 7.73. The summed E-state index contributed by atoms with van der Waals surface area (Å²) in [5, 5.41) is 0. The van der Waals surface area contributed by atoms with Gasteiger partial charge in [0.15, 0.2) is 0 Å². The molecule has 0 saturated heterocycles. The SMILES string of the molecule is CCCCCC=CCC=C(CCCCCCCC)C(CCC=CCCCCC)CCCCCCCC. The van der Waals surface area contributed by atoms with Crippen LogP contribution in [-0.2, 0) is 0 Å². The van der Waals surface area contributed by atoms with Crippen molar-refractivity contribution in [2.24, 2.45) is 5.92 Å². The van der Waals surface area contributed by atoms with Gasteiger partial charge in [0, 0.05) is 0 Å². The van der Waals surface area contributed by atoms with Crippen LogP contribution in [-0.4, -0.2) is 0 Å². The van der Waals surface area contributed by atoms with Crippen LogP contribution in [0.1, 0.15) is 188 Å². The maximum absolute atomic E-state index is 2.65. The van der Waals surface area contributed by atoms with E-state index in [0.717, 1.165) is 12.3 Å². The molecular weight excluding hydrogens is 432 g/mol. The normalized spacial score (nSPS) is 13.4. The van der Waals surface area contributed by atoms with Crippen molar-refractivity contribution in [2.75, 3.05) is 0 Å². The van der Waals surface area contributed by atoms with Crippen LogP contribution in [0.4, 0.5) is 0 Å². The summed E-state index contributed by atoms with van der Waals surface area (Å²) in [5.41, 5.74) is 1.80. The lowest BCUT2D eigenvalue weighted by Crippen LogP contribution is -2.06. The molecule has 0 N–H and O–H groups in total. The van der Waals surface area contributed by atoms with Crippen molar-refractivity contribution in [2.45, 2.75) is 188 Å². The Kier molecular flexibility index (Phi) is 29.8. The number of hydrogen-bond donors (Lipinski definition) is 0. The Morgan fingerprint density at radius 1 is 0.444 bits per heavy atom. The van der Waals surface area contributed by atoms with Gasteiger partial charge in [0.1, 0.15) is 0 Å². The molecule has 0 aliphatic carbocycles. The van der Waals surface area contributed by atoms with E-state index in [-0.39, 0.29) is 0 Å². The second-order valence-electron chi connectivity index (χ2n) is 11.3. The third-order valence-electron chi connectivity index (χ3n) is 7.73. The van der Waals surface area contributed by atoms with Crippen LogP contribution in [0, 0.1) is 5.92 Å². The van der Waals surface area contributed by atoms with Gasteiger partial charge < -0.3 is 0 Å². The highest BCUT2D eigenvalue weighted by Crippen LogP contribution is 2.29. The van der Waals surface area contributed by atoms with Crippen LogP contribution in [0.2, 0.25) is 0 Å². The Hall–Kier alpha value is -0.780. The van der Waals surface area contributed by atoms with Crippen LogP contribution in [0.3, 0.4) is 0 Å². The van der Waals surface area contributed by atoms with E-state index in [0.29, 0.717) is 0 Å². The van der Waals surface area contributed by atoms with Gasteiger partial charge in [-0.25, -0.2) is 0 Å². The summed E-state index contributed by atoms with van der Waals surface area (Å²) in [6.45, 7) is 9.24. The van der Waals surface area contributed by atoms with Gasteiger partial charge in [0.25, 0.3) is 0 Å². The van der Waals surface area contributed by atoms with E-state index in [1.54, 1.807) is 5.57 Å². The van der Waals surface area contributed by atoms with Crippen LogP contribution in [0.15, 0.2) is 36.0 Å². The first kappa shape index (κ1) is 35.2. The summed E-state index contributed by atoms with van der Waals surface area (Å²) in [6, 6.07) is 0. The molecule has 0 aromatic heterocycles. The summed E-state index contributed by atoms with van der Waals surface area (Å²) < 4.78 is 0. The van der Waals surface area contributed by atoms with Gasteiger partial charge in [-0.1, -0.05) is 160 Å². The predicted molar refractivity (Wildman–Crippen MR) is 168 cm³/mol. The Bertz CT molecular complexity index is 494. The van der Waals surface area contributed by atoms with Crippen molar-refractivity contribution in [1.82, 2.24) is 0 Å². The summed E-state index contributed by atoms with van der Waals surface area (Å²) in [4.78, 5) is 0. The maximum Gasteiger partial charge on any atom is -0.0166 e. The van der Waals surface area contributed by atoms with Crippen molar-refractivity contribution in [3.8, 4) is 0 Å². The van der Waals surface area contributed by atoms with E-state index in [1.165, 1.54) is 154 Å². The Morgan fingerprint density at radius 3 is 1.53 bits per heavy atom. The van der Waals surface area contributed by atoms with Gasteiger partial charge in [0.05, 0.1) is 0 Å². The topological polar surface area (TPSA) is 0 Å². The second-order valence-corrected chi connectivity index (χ2v) is 11.3. The van der Waals surface area contributed by atoms with E-state index in [4.69, 9.17) is 0 Å². The molecule has 212 valence electrons. The molecule has 0 aliphatic heterocycles. The zero-order valence-corrected chi connectivity index (χ0v) is 25.6. The fourth-order valence-corrected chi connectivity index (χ4v) is 5.26. The Balaban J connectivity index is 4.98. The van der Waals surface area contributed by atoms with E-state index < -0.39 is 0 Å². The van der Waals surface area contributed by atoms with Crippen LogP contribution < -0.4 is 0 Å². The number of unbranched alkanes of at least 4 members (excludes halogenated alkanes) is 16. The molecule has 0 aromatic carbocycles.